The minimum Gasteiger partial charge on any atom is -0.364 e. The molecule has 0 aliphatic carbocycles. The first-order chi connectivity index (χ1) is 9.66. The number of aromatic nitrogens is 1. The second-order valence-electron chi connectivity index (χ2n) is 4.66. The molecule has 102 valence electrons. The lowest BCUT2D eigenvalue weighted by Gasteiger charge is -2.22. The smallest absolute Gasteiger partial charge is 0.264 e. The number of amides is 1. The fraction of sp³-hybridized carbons (Fsp3) is 0.200. The number of rotatable bonds is 3. The molecule has 0 aliphatic heterocycles. The van der Waals surface area contributed by atoms with Crippen molar-refractivity contribution in [3.63, 3.8) is 0 Å². The molecule has 5 heteroatoms. The Labute approximate surface area is 120 Å². The molecule has 2 aromatic heterocycles. The van der Waals surface area contributed by atoms with Crippen LogP contribution in [0.15, 0.2) is 47.2 Å². The van der Waals surface area contributed by atoms with Crippen molar-refractivity contribution < 1.29 is 9.32 Å². The van der Waals surface area contributed by atoms with Crippen LogP contribution in [0.25, 0.3) is 10.1 Å². The van der Waals surface area contributed by atoms with Crippen LogP contribution in [0.1, 0.15) is 28.3 Å². The number of thiophene rings is 1. The van der Waals surface area contributed by atoms with Gasteiger partial charge in [0, 0.05) is 17.8 Å². The molecule has 1 aromatic carbocycles. The first-order valence-corrected chi connectivity index (χ1v) is 7.14. The quantitative estimate of drug-likeness (QED) is 0.737. The van der Waals surface area contributed by atoms with E-state index < -0.39 is 0 Å². The summed E-state index contributed by atoms with van der Waals surface area (Å²) < 4.78 is 5.96. The van der Waals surface area contributed by atoms with E-state index in [1.54, 1.807) is 18.0 Å². The highest BCUT2D eigenvalue weighted by Crippen LogP contribution is 2.28. The van der Waals surface area contributed by atoms with Crippen molar-refractivity contribution in [3.05, 3.63) is 53.2 Å². The van der Waals surface area contributed by atoms with Crippen LogP contribution in [0, 0.1) is 0 Å². The average Bonchev–Trinajstić information content (AvgIpc) is 3.13. The first kappa shape index (κ1) is 12.9. The molecular weight excluding hydrogens is 272 g/mol. The van der Waals surface area contributed by atoms with Gasteiger partial charge in [-0.25, -0.2) is 0 Å². The Bertz CT molecular complexity index is 700. The molecule has 4 nitrogen and oxygen atoms in total. The fourth-order valence-electron chi connectivity index (χ4n) is 2.07. The van der Waals surface area contributed by atoms with Crippen molar-refractivity contribution in [2.24, 2.45) is 0 Å². The van der Waals surface area contributed by atoms with Crippen molar-refractivity contribution in [1.82, 2.24) is 10.1 Å². The van der Waals surface area contributed by atoms with E-state index >= 15 is 0 Å². The standard InChI is InChI=1S/C15H14N2O2S/c1-10(12-7-8-19-16-12)17(2)15(18)14-9-11-5-3-4-6-13(11)20-14/h3-10H,1-2H3/t10-/m1/s1. The lowest BCUT2D eigenvalue weighted by Crippen LogP contribution is -2.29. The number of hydrogen-bond donors (Lipinski definition) is 0. The van der Waals surface area contributed by atoms with E-state index in [0.717, 1.165) is 20.7 Å². The fourth-order valence-corrected chi connectivity index (χ4v) is 3.12. The molecule has 1 atom stereocenters. The molecule has 0 bridgehead atoms. The molecule has 0 aliphatic rings. The van der Waals surface area contributed by atoms with E-state index in [-0.39, 0.29) is 11.9 Å². The Balaban J connectivity index is 1.88. The van der Waals surface area contributed by atoms with Gasteiger partial charge in [-0.15, -0.1) is 11.3 Å². The van der Waals surface area contributed by atoms with Crippen LogP contribution < -0.4 is 0 Å². The Morgan fingerprint density at radius 2 is 2.15 bits per heavy atom. The van der Waals surface area contributed by atoms with E-state index in [1.807, 2.05) is 37.3 Å². The predicted molar refractivity (Wildman–Crippen MR) is 78.8 cm³/mol. The highest BCUT2D eigenvalue weighted by atomic mass is 32.1. The van der Waals surface area contributed by atoms with Gasteiger partial charge in [0.05, 0.1) is 10.9 Å². The van der Waals surface area contributed by atoms with Crippen LogP contribution in [-0.2, 0) is 0 Å². The third kappa shape index (κ3) is 2.20. The molecule has 0 N–H and O–H groups in total. The summed E-state index contributed by atoms with van der Waals surface area (Å²) in [4.78, 5) is 15.0. The Morgan fingerprint density at radius 3 is 2.85 bits per heavy atom. The van der Waals surface area contributed by atoms with Crippen molar-refractivity contribution in [1.29, 1.82) is 0 Å². The summed E-state index contributed by atoms with van der Waals surface area (Å²) in [5.74, 6) is 0.00157. The van der Waals surface area contributed by atoms with E-state index in [1.165, 1.54) is 17.6 Å². The topological polar surface area (TPSA) is 46.3 Å². The Kier molecular flexibility index (Phi) is 3.28. The van der Waals surface area contributed by atoms with Crippen molar-refractivity contribution in [2.75, 3.05) is 7.05 Å². The molecule has 0 fully saturated rings. The summed E-state index contributed by atoms with van der Waals surface area (Å²) >= 11 is 1.51. The van der Waals surface area contributed by atoms with Crippen LogP contribution >= 0.6 is 11.3 Å². The van der Waals surface area contributed by atoms with Crippen molar-refractivity contribution in [3.8, 4) is 0 Å². The van der Waals surface area contributed by atoms with Gasteiger partial charge in [-0.3, -0.25) is 4.79 Å². The minimum atomic E-state index is -0.119. The summed E-state index contributed by atoms with van der Waals surface area (Å²) in [7, 11) is 1.78. The van der Waals surface area contributed by atoms with Gasteiger partial charge in [0.15, 0.2) is 0 Å². The molecule has 0 unspecified atom stereocenters. The van der Waals surface area contributed by atoms with E-state index in [0.29, 0.717) is 0 Å². The molecule has 0 radical (unpaired) electrons. The summed E-state index contributed by atoms with van der Waals surface area (Å²) in [5.41, 5.74) is 0.752. The van der Waals surface area contributed by atoms with Gasteiger partial charge >= 0.3 is 0 Å². The predicted octanol–water partition coefficient (Wildman–Crippen LogP) is 3.72. The maximum absolute atomic E-state index is 12.5. The van der Waals surface area contributed by atoms with Gasteiger partial charge in [-0.05, 0) is 24.4 Å². The van der Waals surface area contributed by atoms with Gasteiger partial charge < -0.3 is 9.42 Å². The minimum absolute atomic E-state index is 0.00157. The lowest BCUT2D eigenvalue weighted by molar-refractivity contribution is 0.0742. The second kappa shape index (κ2) is 5.09. The number of nitrogens with zero attached hydrogens (tertiary/aromatic N) is 2. The number of hydrogen-bond acceptors (Lipinski definition) is 4. The lowest BCUT2D eigenvalue weighted by atomic mass is 10.2. The number of benzene rings is 1. The van der Waals surface area contributed by atoms with E-state index in [2.05, 4.69) is 5.16 Å². The number of carbonyl (C=O) groups is 1. The SMILES string of the molecule is C[C@H](c1ccon1)N(C)C(=O)c1cc2ccccc2s1. The largest absolute Gasteiger partial charge is 0.364 e. The monoisotopic (exact) mass is 286 g/mol. The maximum atomic E-state index is 12.5. The molecule has 3 aromatic rings. The first-order valence-electron chi connectivity index (χ1n) is 6.33. The maximum Gasteiger partial charge on any atom is 0.264 e. The van der Waals surface area contributed by atoms with E-state index in [4.69, 9.17) is 4.52 Å². The molecule has 3 rings (SSSR count). The normalized spacial score (nSPS) is 12.5. The number of fused-ring (bicyclic) bond motifs is 1. The zero-order chi connectivity index (χ0) is 14.1. The molecular formula is C15H14N2O2S. The summed E-state index contributed by atoms with van der Waals surface area (Å²) in [6, 6.07) is 11.6. The van der Waals surface area contributed by atoms with Gasteiger partial charge in [-0.1, -0.05) is 23.4 Å². The van der Waals surface area contributed by atoms with Gasteiger partial charge in [0.1, 0.15) is 12.0 Å². The van der Waals surface area contributed by atoms with Crippen LogP contribution in [0.4, 0.5) is 0 Å². The zero-order valence-electron chi connectivity index (χ0n) is 11.2. The third-order valence-electron chi connectivity index (χ3n) is 3.42. The number of carbonyl (C=O) groups excluding carboxylic acids is 1. The average molecular weight is 286 g/mol. The second-order valence-corrected chi connectivity index (χ2v) is 5.75. The van der Waals surface area contributed by atoms with Crippen LogP contribution in [-0.4, -0.2) is 23.0 Å². The molecule has 20 heavy (non-hydrogen) atoms. The van der Waals surface area contributed by atoms with Crippen molar-refractivity contribution in [2.45, 2.75) is 13.0 Å². The molecule has 1 amide bonds. The third-order valence-corrected chi connectivity index (χ3v) is 4.53. The summed E-state index contributed by atoms with van der Waals surface area (Å²) in [5, 5.41) is 4.99. The van der Waals surface area contributed by atoms with Gasteiger partial charge in [0.2, 0.25) is 0 Å². The van der Waals surface area contributed by atoms with E-state index in [9.17, 15) is 4.79 Å². The van der Waals surface area contributed by atoms with Crippen LogP contribution in [0.2, 0.25) is 0 Å². The van der Waals surface area contributed by atoms with Gasteiger partial charge in [0.25, 0.3) is 5.91 Å². The summed E-state index contributed by atoms with van der Waals surface area (Å²) in [6.07, 6.45) is 1.52. The Morgan fingerprint density at radius 1 is 1.35 bits per heavy atom. The zero-order valence-corrected chi connectivity index (χ0v) is 12.1. The summed E-state index contributed by atoms with van der Waals surface area (Å²) in [6.45, 7) is 1.93. The highest BCUT2D eigenvalue weighted by Gasteiger charge is 2.22. The van der Waals surface area contributed by atoms with Crippen molar-refractivity contribution >= 4 is 27.3 Å². The highest BCUT2D eigenvalue weighted by molar-refractivity contribution is 7.20. The molecule has 2 heterocycles. The molecule has 0 spiro atoms. The molecule has 0 saturated heterocycles. The molecule has 0 saturated carbocycles. The van der Waals surface area contributed by atoms with Crippen LogP contribution in [0.5, 0.6) is 0 Å². The van der Waals surface area contributed by atoms with Crippen LogP contribution in [0.3, 0.4) is 0 Å². The van der Waals surface area contributed by atoms with Gasteiger partial charge in [-0.2, -0.15) is 0 Å². The Hall–Kier alpha value is -2.14.